The molecule has 0 aliphatic heterocycles. The monoisotopic (exact) mass is 227 g/mol. The molecule has 0 aromatic carbocycles. The van der Waals surface area contributed by atoms with Crippen LogP contribution < -0.4 is 5.73 Å². The van der Waals surface area contributed by atoms with Crippen molar-refractivity contribution < 1.29 is 24.5 Å². The van der Waals surface area contributed by atoms with Crippen LogP contribution in [-0.2, 0) is 14.3 Å². The van der Waals surface area contributed by atoms with E-state index in [-0.39, 0.29) is 24.5 Å². The van der Waals surface area contributed by atoms with Crippen molar-refractivity contribution in [2.75, 3.05) is 13.2 Å². The summed E-state index contributed by atoms with van der Waals surface area (Å²) in [6.45, 7) is 3.06. The third-order valence-corrected chi connectivity index (χ3v) is 1.52. The van der Waals surface area contributed by atoms with Gasteiger partial charge in [-0.3, -0.25) is 0 Å². The lowest BCUT2D eigenvalue weighted by molar-refractivity contribution is -0.136. The number of rotatable bonds is 7. The molecule has 88 valence electrons. The van der Waals surface area contributed by atoms with E-state index in [9.17, 15) is 9.59 Å². The van der Waals surface area contributed by atoms with Gasteiger partial charge in [0.2, 0.25) is 0 Å². The first-order valence-electron chi connectivity index (χ1n) is 4.33. The van der Waals surface area contributed by atoms with Crippen molar-refractivity contribution in [3.05, 3.63) is 36.1 Å². The molecule has 0 aliphatic rings. The van der Waals surface area contributed by atoms with Crippen molar-refractivity contribution >= 4 is 11.9 Å². The topological polar surface area (TPSA) is 110 Å². The Bertz CT molecular complexity index is 343. The minimum atomic E-state index is -1.24. The fraction of sp³-hybridized carbons (Fsp3) is 0.200. The summed E-state index contributed by atoms with van der Waals surface area (Å²) in [5, 5.41) is 17.0. The highest BCUT2D eigenvalue weighted by atomic mass is 16.5. The molecular weight excluding hydrogens is 214 g/mol. The fourth-order valence-electron chi connectivity index (χ4n) is 0.677. The van der Waals surface area contributed by atoms with Crippen LogP contribution in [0.4, 0.5) is 0 Å². The van der Waals surface area contributed by atoms with Crippen molar-refractivity contribution in [3.8, 4) is 0 Å². The molecule has 0 saturated heterocycles. The van der Waals surface area contributed by atoms with E-state index in [0.29, 0.717) is 0 Å². The maximum atomic E-state index is 10.5. The third-order valence-electron chi connectivity index (χ3n) is 1.52. The summed E-state index contributed by atoms with van der Waals surface area (Å²) >= 11 is 0. The second-order valence-corrected chi connectivity index (χ2v) is 2.67. The Kier molecular flexibility index (Phi) is 6.30. The Hall–Kier alpha value is -2.08. The maximum absolute atomic E-state index is 10.5. The average molecular weight is 227 g/mol. The summed E-state index contributed by atoms with van der Waals surface area (Å²) in [6, 6.07) is 0. The number of carboxylic acid groups (broad SMARTS) is 2. The molecule has 0 spiro atoms. The predicted octanol–water partition coefficient (Wildman–Crippen LogP) is 0.127. The number of nitrogens with two attached hydrogens (primary N) is 1. The van der Waals surface area contributed by atoms with Gasteiger partial charge in [-0.2, -0.15) is 0 Å². The highest BCUT2D eigenvalue weighted by molar-refractivity contribution is 5.87. The Labute approximate surface area is 92.3 Å². The zero-order valence-electron chi connectivity index (χ0n) is 8.55. The van der Waals surface area contributed by atoms with Gasteiger partial charge in [-0.15, -0.1) is 0 Å². The number of ether oxygens (including phenoxy) is 1. The van der Waals surface area contributed by atoms with Crippen LogP contribution in [0.2, 0.25) is 0 Å². The molecule has 4 N–H and O–H groups in total. The molecule has 0 aliphatic carbocycles. The van der Waals surface area contributed by atoms with Gasteiger partial charge in [-0.1, -0.05) is 12.2 Å². The van der Waals surface area contributed by atoms with E-state index in [4.69, 9.17) is 20.7 Å². The van der Waals surface area contributed by atoms with Gasteiger partial charge in [0.05, 0.1) is 5.57 Å². The van der Waals surface area contributed by atoms with Crippen LogP contribution in [-0.4, -0.2) is 35.3 Å². The first-order chi connectivity index (χ1) is 7.49. The molecule has 16 heavy (non-hydrogen) atoms. The van der Waals surface area contributed by atoms with Crippen LogP contribution in [0, 0.1) is 0 Å². The Balaban J connectivity index is 4.07. The van der Waals surface area contributed by atoms with Gasteiger partial charge in [0.15, 0.2) is 5.76 Å². The summed E-state index contributed by atoms with van der Waals surface area (Å²) < 4.78 is 4.69. The minimum Gasteiger partial charge on any atom is -0.483 e. The third kappa shape index (κ3) is 5.61. The zero-order chi connectivity index (χ0) is 12.6. The smallest absolute Gasteiger partial charge is 0.370 e. The number of aliphatic carboxylic acids is 2. The van der Waals surface area contributed by atoms with E-state index in [0.717, 1.165) is 0 Å². The summed E-state index contributed by atoms with van der Waals surface area (Å²) in [4.78, 5) is 20.7. The lowest BCUT2D eigenvalue weighted by atomic mass is 10.2. The molecule has 0 fully saturated rings. The largest absolute Gasteiger partial charge is 0.483 e. The quantitative estimate of drug-likeness (QED) is 0.324. The Morgan fingerprint density at radius 3 is 2.38 bits per heavy atom. The van der Waals surface area contributed by atoms with E-state index >= 15 is 0 Å². The molecule has 6 heteroatoms. The number of allylic oxidation sites excluding steroid dienone is 2. The highest BCUT2D eigenvalue weighted by Gasteiger charge is 2.03. The Morgan fingerprint density at radius 2 is 1.94 bits per heavy atom. The fourth-order valence-corrected chi connectivity index (χ4v) is 0.677. The average Bonchev–Trinajstić information content (AvgIpc) is 2.22. The Morgan fingerprint density at radius 1 is 1.31 bits per heavy atom. The number of carboxylic acids is 2. The standard InChI is InChI=1S/C10H13NO5/c1-7(9(12)13)16-5-3-2-4-8(6-11)10(14)15/h2-4H,1,5-6,11H2,(H,12,13)(H,14,15). The van der Waals surface area contributed by atoms with Crippen LogP contribution in [0.1, 0.15) is 0 Å². The predicted molar refractivity (Wildman–Crippen MR) is 56.6 cm³/mol. The molecule has 0 atom stereocenters. The SMILES string of the molecule is C=C(OCC=CC=C(CN)C(=O)O)C(=O)O. The van der Waals surface area contributed by atoms with E-state index < -0.39 is 11.9 Å². The van der Waals surface area contributed by atoms with Gasteiger partial charge in [0, 0.05) is 6.54 Å². The first kappa shape index (κ1) is 13.9. The lowest BCUT2D eigenvalue weighted by Gasteiger charge is -1.99. The summed E-state index contributed by atoms with van der Waals surface area (Å²) in [7, 11) is 0. The minimum absolute atomic E-state index is 0.000889. The molecule has 0 bridgehead atoms. The van der Waals surface area contributed by atoms with Gasteiger partial charge in [0.25, 0.3) is 0 Å². The maximum Gasteiger partial charge on any atom is 0.370 e. The molecular formula is C10H13NO5. The van der Waals surface area contributed by atoms with Gasteiger partial charge in [-0.05, 0) is 12.7 Å². The molecule has 0 rings (SSSR count). The van der Waals surface area contributed by atoms with Crippen LogP contribution >= 0.6 is 0 Å². The van der Waals surface area contributed by atoms with Crippen molar-refractivity contribution in [2.24, 2.45) is 5.73 Å². The van der Waals surface area contributed by atoms with E-state index in [1.165, 1.54) is 18.2 Å². The molecule has 0 heterocycles. The number of carbonyl (C=O) groups is 2. The second-order valence-electron chi connectivity index (χ2n) is 2.67. The lowest BCUT2D eigenvalue weighted by Crippen LogP contribution is -2.11. The van der Waals surface area contributed by atoms with Crippen LogP contribution in [0.25, 0.3) is 0 Å². The summed E-state index contributed by atoms with van der Waals surface area (Å²) in [5.74, 6) is -2.70. The highest BCUT2D eigenvalue weighted by Crippen LogP contribution is 1.95. The zero-order valence-corrected chi connectivity index (χ0v) is 8.55. The second kappa shape index (κ2) is 7.24. The number of hydrogen-bond donors (Lipinski definition) is 3. The van der Waals surface area contributed by atoms with Crippen molar-refractivity contribution in [3.63, 3.8) is 0 Å². The van der Waals surface area contributed by atoms with Crippen molar-refractivity contribution in [2.45, 2.75) is 0 Å². The van der Waals surface area contributed by atoms with E-state index in [1.54, 1.807) is 0 Å². The summed E-state index contributed by atoms with van der Waals surface area (Å²) in [5.41, 5.74) is 5.22. The first-order valence-corrected chi connectivity index (χ1v) is 4.33. The molecule has 0 aromatic heterocycles. The molecule has 0 amide bonds. The number of hydrogen-bond acceptors (Lipinski definition) is 4. The molecule has 0 unspecified atom stereocenters. The van der Waals surface area contributed by atoms with Gasteiger partial charge >= 0.3 is 11.9 Å². The van der Waals surface area contributed by atoms with Crippen LogP contribution in [0.15, 0.2) is 36.1 Å². The van der Waals surface area contributed by atoms with Crippen molar-refractivity contribution in [1.29, 1.82) is 0 Å². The van der Waals surface area contributed by atoms with Gasteiger partial charge in [0.1, 0.15) is 6.61 Å². The summed E-state index contributed by atoms with van der Waals surface area (Å²) in [6.07, 6.45) is 4.19. The van der Waals surface area contributed by atoms with E-state index in [1.807, 2.05) is 0 Å². The van der Waals surface area contributed by atoms with Crippen molar-refractivity contribution in [1.82, 2.24) is 0 Å². The van der Waals surface area contributed by atoms with Crippen LogP contribution in [0.5, 0.6) is 0 Å². The van der Waals surface area contributed by atoms with Gasteiger partial charge in [-0.25, -0.2) is 9.59 Å². The van der Waals surface area contributed by atoms with E-state index in [2.05, 4.69) is 6.58 Å². The van der Waals surface area contributed by atoms with Crippen LogP contribution in [0.3, 0.4) is 0 Å². The molecule has 0 radical (unpaired) electrons. The molecule has 6 nitrogen and oxygen atoms in total. The normalized spacial score (nSPS) is 11.4. The van der Waals surface area contributed by atoms with Gasteiger partial charge < -0.3 is 20.7 Å². The molecule has 0 aromatic rings. The molecule has 0 saturated carbocycles.